The van der Waals surface area contributed by atoms with E-state index in [9.17, 15) is 5.11 Å². The Hall–Kier alpha value is -1.84. The smallest absolute Gasteiger partial charge is 0.119 e. The third-order valence-corrected chi connectivity index (χ3v) is 7.37. The van der Waals surface area contributed by atoms with Crippen molar-refractivity contribution in [3.63, 3.8) is 0 Å². The zero-order valence-electron chi connectivity index (χ0n) is 17.9. The fourth-order valence-corrected chi connectivity index (χ4v) is 5.34. The molecule has 3 heteroatoms. The summed E-state index contributed by atoms with van der Waals surface area (Å²) >= 11 is 0. The lowest BCUT2D eigenvalue weighted by atomic mass is 9.79. The van der Waals surface area contributed by atoms with Gasteiger partial charge in [-0.2, -0.15) is 0 Å². The van der Waals surface area contributed by atoms with Gasteiger partial charge in [-0.1, -0.05) is 24.3 Å². The summed E-state index contributed by atoms with van der Waals surface area (Å²) in [7, 11) is 1.74. The van der Waals surface area contributed by atoms with Gasteiger partial charge >= 0.3 is 0 Å². The van der Waals surface area contributed by atoms with Crippen LogP contribution in [0, 0.1) is 12.8 Å². The highest BCUT2D eigenvalue weighted by Gasteiger charge is 2.36. The van der Waals surface area contributed by atoms with E-state index in [2.05, 4.69) is 37.3 Å². The highest BCUT2D eigenvalue weighted by atomic mass is 16.5. The number of aryl methyl sites for hydroxylation is 3. The van der Waals surface area contributed by atoms with Crippen LogP contribution in [0.4, 0.5) is 0 Å². The number of benzene rings is 2. The van der Waals surface area contributed by atoms with E-state index < -0.39 is 0 Å². The first-order valence-corrected chi connectivity index (χ1v) is 11.1. The number of aliphatic hydroxyl groups is 1. The van der Waals surface area contributed by atoms with Gasteiger partial charge in [0.25, 0.3) is 0 Å². The molecule has 0 heterocycles. The van der Waals surface area contributed by atoms with E-state index >= 15 is 0 Å². The summed E-state index contributed by atoms with van der Waals surface area (Å²) in [5.74, 6) is 2.23. The summed E-state index contributed by atoms with van der Waals surface area (Å²) in [6.45, 7) is 2.30. The van der Waals surface area contributed by atoms with E-state index in [0.717, 1.165) is 37.4 Å². The molecule has 156 valence electrons. The Balaban J connectivity index is 1.38. The van der Waals surface area contributed by atoms with Gasteiger partial charge in [0.05, 0.1) is 13.7 Å². The van der Waals surface area contributed by atoms with Crippen molar-refractivity contribution in [2.75, 3.05) is 13.7 Å². The monoisotopic (exact) mass is 393 g/mol. The molecule has 2 aliphatic carbocycles. The molecule has 1 fully saturated rings. The molecule has 1 saturated carbocycles. The molecule has 0 aliphatic heterocycles. The molecular weight excluding hydrogens is 358 g/mol. The lowest BCUT2D eigenvalue weighted by Crippen LogP contribution is -2.40. The van der Waals surface area contributed by atoms with Crippen LogP contribution in [-0.2, 0) is 19.3 Å². The number of rotatable bonds is 6. The molecule has 3 N–H and O–H groups in total. The maximum absolute atomic E-state index is 9.56. The van der Waals surface area contributed by atoms with Crippen molar-refractivity contribution >= 4 is 0 Å². The molecule has 3 nitrogen and oxygen atoms in total. The number of hydrogen-bond donors (Lipinski definition) is 2. The number of fused-ring (bicyclic) bond motifs is 1. The zero-order chi connectivity index (χ0) is 20.4. The van der Waals surface area contributed by atoms with Crippen molar-refractivity contribution in [1.82, 2.24) is 0 Å². The van der Waals surface area contributed by atoms with Crippen LogP contribution in [-0.4, -0.2) is 24.4 Å². The maximum atomic E-state index is 9.56. The van der Waals surface area contributed by atoms with Crippen LogP contribution in [0.1, 0.15) is 65.8 Å². The van der Waals surface area contributed by atoms with Crippen LogP contribution in [0.2, 0.25) is 0 Å². The number of aliphatic hydroxyl groups excluding tert-OH is 1. The average Bonchev–Trinajstić information content (AvgIpc) is 3.15. The van der Waals surface area contributed by atoms with Crippen LogP contribution in [0.3, 0.4) is 0 Å². The number of methoxy groups -OCH3 is 1. The second-order valence-electron chi connectivity index (χ2n) is 9.43. The van der Waals surface area contributed by atoms with Crippen LogP contribution < -0.4 is 10.5 Å². The van der Waals surface area contributed by atoms with Gasteiger partial charge in [-0.15, -0.1) is 0 Å². The van der Waals surface area contributed by atoms with Gasteiger partial charge in [-0.05, 0) is 110 Å². The number of nitrogens with two attached hydrogens (primary N) is 1. The van der Waals surface area contributed by atoms with E-state index in [4.69, 9.17) is 10.5 Å². The van der Waals surface area contributed by atoms with E-state index in [1.807, 2.05) is 6.07 Å². The molecule has 0 unspecified atom stereocenters. The largest absolute Gasteiger partial charge is 0.497 e. The predicted molar refractivity (Wildman–Crippen MR) is 119 cm³/mol. The van der Waals surface area contributed by atoms with Crippen LogP contribution >= 0.6 is 0 Å². The van der Waals surface area contributed by atoms with Crippen molar-refractivity contribution < 1.29 is 9.84 Å². The summed E-state index contributed by atoms with van der Waals surface area (Å²) in [6, 6.07) is 13.5. The summed E-state index contributed by atoms with van der Waals surface area (Å²) in [6.07, 6.45) is 8.96. The van der Waals surface area contributed by atoms with Gasteiger partial charge in [0.15, 0.2) is 0 Å². The first-order chi connectivity index (χ1) is 14.0. The standard InChI is InChI=1S/C26H35NO2/c1-18-3-10-25(29-2)15-20(18)6-4-19-5-7-22-14-23(9-8-21(22)13-19)24-11-12-26(27,16-24)17-28/h3,8-10,14-15,19,24,28H,4-7,11-13,16-17,27H2,1-2H3/t19-,24+,26-/m1/s1. The summed E-state index contributed by atoms with van der Waals surface area (Å²) in [5, 5.41) is 9.56. The summed E-state index contributed by atoms with van der Waals surface area (Å²) < 4.78 is 5.40. The number of ether oxygens (including phenoxy) is 1. The van der Waals surface area contributed by atoms with Gasteiger partial charge < -0.3 is 15.6 Å². The van der Waals surface area contributed by atoms with Gasteiger partial charge in [-0.25, -0.2) is 0 Å². The average molecular weight is 394 g/mol. The third kappa shape index (κ3) is 4.51. The van der Waals surface area contributed by atoms with Crippen molar-refractivity contribution in [3.8, 4) is 5.75 Å². The lowest BCUT2D eigenvalue weighted by molar-refractivity contribution is 0.198. The molecule has 0 saturated heterocycles. The second kappa shape index (κ2) is 8.49. The van der Waals surface area contributed by atoms with Crippen LogP contribution in [0.25, 0.3) is 0 Å². The van der Waals surface area contributed by atoms with E-state index in [1.165, 1.54) is 53.5 Å². The first kappa shape index (κ1) is 20.4. The summed E-state index contributed by atoms with van der Waals surface area (Å²) in [5.41, 5.74) is 13.2. The van der Waals surface area contributed by atoms with Gasteiger partial charge in [-0.3, -0.25) is 0 Å². The molecule has 0 amide bonds. The Bertz CT molecular complexity index is 862. The van der Waals surface area contributed by atoms with Crippen LogP contribution in [0.15, 0.2) is 36.4 Å². The second-order valence-corrected chi connectivity index (χ2v) is 9.43. The molecule has 3 atom stereocenters. The van der Waals surface area contributed by atoms with Gasteiger partial charge in [0.2, 0.25) is 0 Å². The topological polar surface area (TPSA) is 55.5 Å². The highest BCUT2D eigenvalue weighted by molar-refractivity contribution is 5.37. The molecular formula is C26H35NO2. The normalized spacial score (nSPS) is 26.3. The van der Waals surface area contributed by atoms with Gasteiger partial charge in [0.1, 0.15) is 5.75 Å². The van der Waals surface area contributed by atoms with Crippen LogP contribution in [0.5, 0.6) is 5.75 Å². The molecule has 0 bridgehead atoms. The van der Waals surface area contributed by atoms with E-state index in [-0.39, 0.29) is 12.1 Å². The van der Waals surface area contributed by atoms with E-state index in [1.54, 1.807) is 7.11 Å². The Labute approximate surface area is 175 Å². The molecule has 0 radical (unpaired) electrons. The van der Waals surface area contributed by atoms with Crippen molar-refractivity contribution in [2.24, 2.45) is 11.7 Å². The Morgan fingerprint density at radius 3 is 2.76 bits per heavy atom. The Morgan fingerprint density at radius 1 is 1.14 bits per heavy atom. The predicted octanol–water partition coefficient (Wildman–Crippen LogP) is 4.70. The zero-order valence-corrected chi connectivity index (χ0v) is 17.9. The molecule has 2 aromatic rings. The number of hydrogen-bond acceptors (Lipinski definition) is 3. The minimum atomic E-state index is -0.371. The fourth-order valence-electron chi connectivity index (χ4n) is 5.34. The lowest BCUT2D eigenvalue weighted by Gasteiger charge is -2.26. The first-order valence-electron chi connectivity index (χ1n) is 11.1. The maximum Gasteiger partial charge on any atom is 0.119 e. The molecule has 4 rings (SSSR count). The third-order valence-electron chi connectivity index (χ3n) is 7.37. The molecule has 0 spiro atoms. The van der Waals surface area contributed by atoms with E-state index in [0.29, 0.717) is 5.92 Å². The summed E-state index contributed by atoms with van der Waals surface area (Å²) in [4.78, 5) is 0. The Morgan fingerprint density at radius 2 is 2.00 bits per heavy atom. The fraction of sp³-hybridized carbons (Fsp3) is 0.538. The minimum Gasteiger partial charge on any atom is -0.497 e. The quantitative estimate of drug-likeness (QED) is 0.748. The minimum absolute atomic E-state index is 0.100. The molecule has 2 aromatic carbocycles. The van der Waals surface area contributed by atoms with Crippen molar-refractivity contribution in [3.05, 3.63) is 64.2 Å². The molecule has 29 heavy (non-hydrogen) atoms. The van der Waals surface area contributed by atoms with Crippen molar-refractivity contribution in [1.29, 1.82) is 0 Å². The van der Waals surface area contributed by atoms with Crippen molar-refractivity contribution in [2.45, 2.75) is 69.7 Å². The SMILES string of the molecule is COc1ccc(C)c(CC[C@@H]2CCc3cc([C@H]4CC[C@](N)(CO)C4)ccc3C2)c1. The molecule has 2 aliphatic rings. The van der Waals surface area contributed by atoms with Gasteiger partial charge in [0, 0.05) is 5.54 Å². The highest BCUT2D eigenvalue weighted by Crippen LogP contribution is 2.41. The Kier molecular flexibility index (Phi) is 5.98. The molecule has 0 aromatic heterocycles.